The summed E-state index contributed by atoms with van der Waals surface area (Å²) in [6.45, 7) is 0. The van der Waals surface area contributed by atoms with Crippen molar-refractivity contribution in [1.29, 1.82) is 0 Å². The van der Waals surface area contributed by atoms with Gasteiger partial charge in [0.1, 0.15) is 6.42 Å². The summed E-state index contributed by atoms with van der Waals surface area (Å²) < 4.78 is 40.5. The zero-order chi connectivity index (χ0) is 13.8. The van der Waals surface area contributed by atoms with Crippen LogP contribution in [0, 0.1) is 0 Å². The molecule has 0 unspecified atom stereocenters. The van der Waals surface area contributed by atoms with Gasteiger partial charge < -0.3 is 4.74 Å². The fourth-order valence-electron chi connectivity index (χ4n) is 1.15. The van der Waals surface area contributed by atoms with Crippen LogP contribution in [0.1, 0.15) is 16.8 Å². The summed E-state index contributed by atoms with van der Waals surface area (Å²) in [5.74, 6) is -1.18. The van der Waals surface area contributed by atoms with Crippen LogP contribution >= 0.6 is 11.8 Å². The Labute approximate surface area is 105 Å². The number of methoxy groups -OCH3 is 1. The first-order valence-electron chi connectivity index (χ1n) is 4.77. The van der Waals surface area contributed by atoms with Crippen LogP contribution in [0.3, 0.4) is 0 Å². The minimum Gasteiger partial charge on any atom is -0.469 e. The van der Waals surface area contributed by atoms with Crippen molar-refractivity contribution in [2.45, 2.75) is 16.8 Å². The van der Waals surface area contributed by atoms with Gasteiger partial charge in [0.2, 0.25) is 0 Å². The number of Topliss-reactive ketones (excluding diaryl/α,β-unsaturated/α-hetero) is 1. The van der Waals surface area contributed by atoms with E-state index in [1.165, 1.54) is 24.3 Å². The van der Waals surface area contributed by atoms with Crippen LogP contribution in [0.25, 0.3) is 0 Å². The molecule has 98 valence electrons. The summed E-state index contributed by atoms with van der Waals surface area (Å²) in [6, 6.07) is 4.87. The minimum absolute atomic E-state index is 0.0166. The Balaban J connectivity index is 2.71. The summed E-state index contributed by atoms with van der Waals surface area (Å²) in [4.78, 5) is 22.3. The van der Waals surface area contributed by atoms with Crippen molar-refractivity contribution in [2.24, 2.45) is 0 Å². The molecule has 0 aliphatic carbocycles. The molecule has 0 bridgehead atoms. The highest BCUT2D eigenvalue weighted by Gasteiger charge is 2.29. The molecule has 0 aliphatic heterocycles. The van der Waals surface area contributed by atoms with Crippen LogP contribution in [0.5, 0.6) is 0 Å². The van der Waals surface area contributed by atoms with Crippen molar-refractivity contribution in [3.63, 3.8) is 0 Å². The molecule has 0 aromatic heterocycles. The molecular weight excluding hydrogens is 269 g/mol. The van der Waals surface area contributed by atoms with E-state index in [1.807, 2.05) is 0 Å². The highest BCUT2D eigenvalue weighted by atomic mass is 32.2. The van der Waals surface area contributed by atoms with Crippen LogP contribution in [-0.4, -0.2) is 24.4 Å². The average molecular weight is 278 g/mol. The third kappa shape index (κ3) is 4.79. The number of alkyl halides is 3. The normalized spacial score (nSPS) is 11.1. The molecule has 18 heavy (non-hydrogen) atoms. The van der Waals surface area contributed by atoms with Crippen LogP contribution in [0.15, 0.2) is 29.2 Å². The van der Waals surface area contributed by atoms with Gasteiger partial charge in [0, 0.05) is 10.5 Å². The number of ketones is 1. The first-order chi connectivity index (χ1) is 8.31. The van der Waals surface area contributed by atoms with E-state index in [-0.39, 0.29) is 22.2 Å². The zero-order valence-electron chi connectivity index (χ0n) is 9.28. The number of hydrogen-bond donors (Lipinski definition) is 0. The third-order valence-corrected chi connectivity index (χ3v) is 2.68. The number of benzene rings is 1. The van der Waals surface area contributed by atoms with E-state index < -0.39 is 23.7 Å². The smallest absolute Gasteiger partial charge is 0.446 e. The first kappa shape index (κ1) is 14.6. The third-order valence-electron chi connectivity index (χ3n) is 1.94. The Morgan fingerprint density at radius 3 is 2.22 bits per heavy atom. The fraction of sp³-hybridized carbons (Fsp3) is 0.273. The highest BCUT2D eigenvalue weighted by Crippen LogP contribution is 2.36. The Hall–Kier alpha value is -1.50. The predicted molar refractivity (Wildman–Crippen MR) is 59.3 cm³/mol. The molecule has 0 radical (unpaired) electrons. The largest absolute Gasteiger partial charge is 0.469 e. The zero-order valence-corrected chi connectivity index (χ0v) is 10.1. The van der Waals surface area contributed by atoms with Gasteiger partial charge in [-0.3, -0.25) is 9.59 Å². The minimum atomic E-state index is -4.36. The van der Waals surface area contributed by atoms with Gasteiger partial charge in [0.05, 0.1) is 7.11 Å². The maximum absolute atomic E-state index is 12.1. The molecule has 0 atom stereocenters. The number of rotatable bonds is 4. The highest BCUT2D eigenvalue weighted by molar-refractivity contribution is 8.00. The fourth-order valence-corrected chi connectivity index (χ4v) is 1.69. The molecule has 0 N–H and O–H groups in total. The molecule has 0 aliphatic rings. The standard InChI is InChI=1S/C11H9F3O3S/c1-17-10(16)6-9(15)7-2-4-8(5-3-7)18-11(12,13)14/h2-5H,6H2,1H3. The SMILES string of the molecule is COC(=O)CC(=O)c1ccc(SC(F)(F)F)cc1. The van der Waals surface area contributed by atoms with Crippen molar-refractivity contribution >= 4 is 23.5 Å². The lowest BCUT2D eigenvalue weighted by molar-refractivity contribution is -0.139. The lowest BCUT2D eigenvalue weighted by Gasteiger charge is -2.06. The second-order valence-electron chi connectivity index (χ2n) is 3.25. The monoisotopic (exact) mass is 278 g/mol. The number of thioether (sulfide) groups is 1. The maximum Gasteiger partial charge on any atom is 0.446 e. The Bertz CT molecular complexity index is 440. The van der Waals surface area contributed by atoms with E-state index in [0.29, 0.717) is 0 Å². The number of carbonyl (C=O) groups excluding carboxylic acids is 2. The molecule has 0 saturated carbocycles. The topological polar surface area (TPSA) is 43.4 Å². The Kier molecular flexibility index (Phi) is 4.77. The molecule has 7 heteroatoms. The van der Waals surface area contributed by atoms with Crippen LogP contribution in [-0.2, 0) is 9.53 Å². The molecule has 1 aromatic rings. The quantitative estimate of drug-likeness (QED) is 0.367. The summed E-state index contributed by atoms with van der Waals surface area (Å²) in [6.07, 6.45) is -0.428. The lowest BCUT2D eigenvalue weighted by Crippen LogP contribution is -2.09. The van der Waals surface area contributed by atoms with Gasteiger partial charge in [-0.15, -0.1) is 0 Å². The van der Waals surface area contributed by atoms with Gasteiger partial charge >= 0.3 is 11.5 Å². The number of halogens is 3. The second kappa shape index (κ2) is 5.90. The molecule has 3 nitrogen and oxygen atoms in total. The molecule has 0 spiro atoms. The number of carbonyl (C=O) groups is 2. The van der Waals surface area contributed by atoms with Crippen molar-refractivity contribution in [3.8, 4) is 0 Å². The van der Waals surface area contributed by atoms with E-state index in [1.54, 1.807) is 0 Å². The summed E-state index contributed by atoms with van der Waals surface area (Å²) in [5.41, 5.74) is -4.19. The van der Waals surface area contributed by atoms with Crippen LogP contribution in [0.2, 0.25) is 0 Å². The number of esters is 1. The summed E-state index contributed by atoms with van der Waals surface area (Å²) in [5, 5.41) is 0. The molecule has 0 fully saturated rings. The van der Waals surface area contributed by atoms with E-state index in [2.05, 4.69) is 4.74 Å². The molecule has 1 aromatic carbocycles. The van der Waals surface area contributed by atoms with Crippen molar-refractivity contribution in [2.75, 3.05) is 7.11 Å². The number of hydrogen-bond acceptors (Lipinski definition) is 4. The summed E-state index contributed by atoms with van der Waals surface area (Å²) in [7, 11) is 1.15. The number of ether oxygens (including phenoxy) is 1. The molecule has 0 heterocycles. The van der Waals surface area contributed by atoms with Gasteiger partial charge in [-0.2, -0.15) is 13.2 Å². The van der Waals surface area contributed by atoms with Gasteiger partial charge in [0.25, 0.3) is 0 Å². The Morgan fingerprint density at radius 1 is 1.22 bits per heavy atom. The van der Waals surface area contributed by atoms with Gasteiger partial charge in [-0.25, -0.2) is 0 Å². The average Bonchev–Trinajstić information content (AvgIpc) is 2.27. The van der Waals surface area contributed by atoms with Crippen molar-refractivity contribution in [1.82, 2.24) is 0 Å². The first-order valence-corrected chi connectivity index (χ1v) is 5.59. The van der Waals surface area contributed by atoms with E-state index in [4.69, 9.17) is 0 Å². The molecule has 0 saturated heterocycles. The van der Waals surface area contributed by atoms with E-state index >= 15 is 0 Å². The molecule has 0 amide bonds. The van der Waals surface area contributed by atoms with Gasteiger partial charge in [-0.1, -0.05) is 12.1 Å². The molecule has 1 rings (SSSR count). The van der Waals surface area contributed by atoms with E-state index in [9.17, 15) is 22.8 Å². The van der Waals surface area contributed by atoms with Gasteiger partial charge in [-0.05, 0) is 23.9 Å². The van der Waals surface area contributed by atoms with Crippen LogP contribution in [0.4, 0.5) is 13.2 Å². The molecular formula is C11H9F3O3S. The van der Waals surface area contributed by atoms with Crippen molar-refractivity contribution in [3.05, 3.63) is 29.8 Å². The maximum atomic E-state index is 12.1. The second-order valence-corrected chi connectivity index (χ2v) is 4.39. The predicted octanol–water partition coefficient (Wildman–Crippen LogP) is 3.04. The van der Waals surface area contributed by atoms with E-state index in [0.717, 1.165) is 7.11 Å². The van der Waals surface area contributed by atoms with Gasteiger partial charge in [0.15, 0.2) is 5.78 Å². The summed E-state index contributed by atoms with van der Waals surface area (Å²) >= 11 is -0.263. The lowest BCUT2D eigenvalue weighted by atomic mass is 10.1. The van der Waals surface area contributed by atoms with Crippen molar-refractivity contribution < 1.29 is 27.5 Å². The van der Waals surface area contributed by atoms with Crippen LogP contribution < -0.4 is 0 Å². The Morgan fingerprint density at radius 2 is 1.78 bits per heavy atom.